The number of hydrogen-bond donors (Lipinski definition) is 1. The van der Waals surface area contributed by atoms with Crippen LogP contribution in [0.15, 0.2) is 47.8 Å². The van der Waals surface area contributed by atoms with Gasteiger partial charge in [0.15, 0.2) is 0 Å². The van der Waals surface area contributed by atoms with Crippen molar-refractivity contribution in [2.75, 3.05) is 13.2 Å². The average molecular weight is 315 g/mol. The van der Waals surface area contributed by atoms with E-state index in [0.29, 0.717) is 6.42 Å². The van der Waals surface area contributed by atoms with Gasteiger partial charge in [0.25, 0.3) is 0 Å². The third-order valence-electron chi connectivity index (χ3n) is 4.47. The maximum absolute atomic E-state index is 12.7. The molecule has 116 valence electrons. The van der Waals surface area contributed by atoms with E-state index < -0.39 is 5.54 Å². The molecule has 2 heterocycles. The maximum atomic E-state index is 12.7. The molecule has 4 heteroatoms. The van der Waals surface area contributed by atoms with Gasteiger partial charge in [-0.2, -0.15) is 0 Å². The van der Waals surface area contributed by atoms with Crippen molar-refractivity contribution in [3.8, 4) is 0 Å². The number of aliphatic hydroxyl groups is 1. The molecular weight excluding hydrogens is 294 g/mol. The van der Waals surface area contributed by atoms with Gasteiger partial charge in [0.05, 0.1) is 18.6 Å². The molecule has 2 aromatic rings. The van der Waals surface area contributed by atoms with Crippen molar-refractivity contribution < 1.29 is 9.90 Å². The molecule has 22 heavy (non-hydrogen) atoms. The van der Waals surface area contributed by atoms with Gasteiger partial charge in [-0.1, -0.05) is 36.4 Å². The van der Waals surface area contributed by atoms with E-state index in [4.69, 9.17) is 0 Å². The minimum atomic E-state index is -0.435. The van der Waals surface area contributed by atoms with Crippen LogP contribution >= 0.6 is 11.3 Å². The zero-order valence-corrected chi connectivity index (χ0v) is 13.4. The Bertz CT molecular complexity index is 611. The molecule has 0 radical (unpaired) electrons. The van der Waals surface area contributed by atoms with E-state index in [1.54, 1.807) is 11.3 Å². The number of thiophene rings is 1. The Labute approximate surface area is 135 Å². The third kappa shape index (κ3) is 3.08. The van der Waals surface area contributed by atoms with Gasteiger partial charge in [-0.05, 0) is 36.3 Å². The smallest absolute Gasteiger partial charge is 0.228 e. The van der Waals surface area contributed by atoms with Gasteiger partial charge >= 0.3 is 0 Å². The van der Waals surface area contributed by atoms with Crippen LogP contribution in [0.25, 0.3) is 0 Å². The fourth-order valence-electron chi connectivity index (χ4n) is 3.37. The standard InChI is InChI=1S/C18H21NO2S/c20-14-18(13-15-6-2-1-3-7-15)9-5-10-19(18)17(21)12-16-8-4-11-22-16/h1-4,6-8,11,20H,5,9-10,12-14H2. The van der Waals surface area contributed by atoms with Crippen molar-refractivity contribution in [3.63, 3.8) is 0 Å². The highest BCUT2D eigenvalue weighted by Crippen LogP contribution is 2.33. The number of hydrogen-bond acceptors (Lipinski definition) is 3. The molecule has 1 aromatic heterocycles. The van der Waals surface area contributed by atoms with Crippen LogP contribution in [0.1, 0.15) is 23.3 Å². The van der Waals surface area contributed by atoms with Crippen LogP contribution in [0.5, 0.6) is 0 Å². The number of amides is 1. The number of aliphatic hydroxyl groups excluding tert-OH is 1. The first kappa shape index (κ1) is 15.3. The molecule has 0 aliphatic carbocycles. The van der Waals surface area contributed by atoms with E-state index in [1.807, 2.05) is 40.6 Å². The summed E-state index contributed by atoms with van der Waals surface area (Å²) in [6, 6.07) is 14.1. The van der Waals surface area contributed by atoms with Gasteiger partial charge in [0, 0.05) is 11.4 Å². The van der Waals surface area contributed by atoms with Gasteiger partial charge in [0.1, 0.15) is 0 Å². The van der Waals surface area contributed by atoms with Gasteiger partial charge in [0.2, 0.25) is 5.91 Å². The molecule has 1 aromatic carbocycles. The summed E-state index contributed by atoms with van der Waals surface area (Å²) >= 11 is 1.61. The number of likely N-dealkylation sites (tertiary alicyclic amines) is 1. The summed E-state index contributed by atoms with van der Waals surface area (Å²) in [5.41, 5.74) is 0.739. The normalized spacial score (nSPS) is 21.2. The van der Waals surface area contributed by atoms with E-state index in [-0.39, 0.29) is 12.5 Å². The van der Waals surface area contributed by atoms with Crippen molar-refractivity contribution in [2.45, 2.75) is 31.2 Å². The summed E-state index contributed by atoms with van der Waals surface area (Å²) in [5.74, 6) is 0.130. The lowest BCUT2D eigenvalue weighted by atomic mass is 9.88. The quantitative estimate of drug-likeness (QED) is 0.921. The average Bonchev–Trinajstić information content (AvgIpc) is 3.18. The SMILES string of the molecule is O=C(Cc1cccs1)N1CCCC1(CO)Cc1ccccc1. The molecule has 1 amide bonds. The number of nitrogens with zero attached hydrogens (tertiary/aromatic N) is 1. The predicted octanol–water partition coefficient (Wildman–Crippen LogP) is 2.89. The Morgan fingerprint density at radius 2 is 2.05 bits per heavy atom. The van der Waals surface area contributed by atoms with Crippen molar-refractivity contribution in [3.05, 3.63) is 58.3 Å². The van der Waals surface area contributed by atoms with Crippen molar-refractivity contribution in [1.82, 2.24) is 4.90 Å². The molecule has 1 fully saturated rings. The second kappa shape index (κ2) is 6.63. The van der Waals surface area contributed by atoms with E-state index in [2.05, 4.69) is 12.1 Å². The highest BCUT2D eigenvalue weighted by atomic mass is 32.1. The number of rotatable bonds is 5. The second-order valence-corrected chi connectivity index (χ2v) is 6.98. The van der Waals surface area contributed by atoms with Gasteiger partial charge in [-0.25, -0.2) is 0 Å². The monoisotopic (exact) mass is 315 g/mol. The van der Waals surface area contributed by atoms with Crippen molar-refractivity contribution >= 4 is 17.2 Å². The lowest BCUT2D eigenvalue weighted by molar-refractivity contribution is -0.136. The lowest BCUT2D eigenvalue weighted by Crippen LogP contribution is -2.52. The summed E-state index contributed by atoms with van der Waals surface area (Å²) in [6.07, 6.45) is 2.99. The molecule has 0 bridgehead atoms. The Balaban J connectivity index is 1.78. The molecule has 1 atom stereocenters. The fourth-order valence-corrected chi connectivity index (χ4v) is 4.06. The van der Waals surface area contributed by atoms with Crippen LogP contribution in [0.3, 0.4) is 0 Å². The van der Waals surface area contributed by atoms with Crippen molar-refractivity contribution in [2.24, 2.45) is 0 Å². The number of carbonyl (C=O) groups is 1. The van der Waals surface area contributed by atoms with E-state index >= 15 is 0 Å². The Kier molecular flexibility index (Phi) is 4.60. The van der Waals surface area contributed by atoms with E-state index in [0.717, 1.165) is 30.7 Å². The second-order valence-electron chi connectivity index (χ2n) is 5.95. The molecule has 0 spiro atoms. The predicted molar refractivity (Wildman–Crippen MR) is 88.9 cm³/mol. The number of carbonyl (C=O) groups excluding carboxylic acids is 1. The zero-order valence-electron chi connectivity index (χ0n) is 12.6. The fraction of sp³-hybridized carbons (Fsp3) is 0.389. The zero-order chi connectivity index (χ0) is 15.4. The van der Waals surface area contributed by atoms with E-state index in [9.17, 15) is 9.90 Å². The highest BCUT2D eigenvalue weighted by molar-refractivity contribution is 7.10. The summed E-state index contributed by atoms with van der Waals surface area (Å²) < 4.78 is 0. The van der Waals surface area contributed by atoms with Gasteiger partial charge in [-0.15, -0.1) is 11.3 Å². The molecule has 1 aliphatic heterocycles. The first-order valence-electron chi connectivity index (χ1n) is 7.71. The summed E-state index contributed by atoms with van der Waals surface area (Å²) in [6.45, 7) is 0.773. The summed E-state index contributed by atoms with van der Waals surface area (Å²) in [4.78, 5) is 15.7. The minimum absolute atomic E-state index is 0.0259. The molecule has 3 rings (SSSR count). The van der Waals surface area contributed by atoms with E-state index in [1.165, 1.54) is 5.56 Å². The Morgan fingerprint density at radius 3 is 2.73 bits per heavy atom. The largest absolute Gasteiger partial charge is 0.394 e. The Morgan fingerprint density at radius 1 is 1.23 bits per heavy atom. The Hall–Kier alpha value is -1.65. The number of benzene rings is 1. The van der Waals surface area contributed by atoms with Crippen LogP contribution in [0, 0.1) is 0 Å². The molecule has 1 saturated heterocycles. The maximum Gasteiger partial charge on any atom is 0.228 e. The van der Waals surface area contributed by atoms with Crippen LogP contribution in [-0.2, 0) is 17.6 Å². The molecule has 0 saturated carbocycles. The van der Waals surface area contributed by atoms with Gasteiger partial charge < -0.3 is 10.0 Å². The van der Waals surface area contributed by atoms with Crippen LogP contribution in [0.4, 0.5) is 0 Å². The minimum Gasteiger partial charge on any atom is -0.394 e. The molecular formula is C18H21NO2S. The summed E-state index contributed by atoms with van der Waals surface area (Å²) in [5, 5.41) is 12.0. The van der Waals surface area contributed by atoms with Gasteiger partial charge in [-0.3, -0.25) is 4.79 Å². The van der Waals surface area contributed by atoms with Crippen LogP contribution < -0.4 is 0 Å². The molecule has 1 N–H and O–H groups in total. The van der Waals surface area contributed by atoms with Crippen LogP contribution in [-0.4, -0.2) is 34.6 Å². The first-order chi connectivity index (χ1) is 10.7. The molecule has 1 aliphatic rings. The molecule has 1 unspecified atom stereocenters. The first-order valence-corrected chi connectivity index (χ1v) is 8.59. The summed E-state index contributed by atoms with van der Waals surface area (Å²) in [7, 11) is 0. The lowest BCUT2D eigenvalue weighted by Gasteiger charge is -2.37. The van der Waals surface area contributed by atoms with Crippen molar-refractivity contribution in [1.29, 1.82) is 0 Å². The highest BCUT2D eigenvalue weighted by Gasteiger charge is 2.42. The topological polar surface area (TPSA) is 40.5 Å². The molecule has 3 nitrogen and oxygen atoms in total. The van der Waals surface area contributed by atoms with Crippen LogP contribution in [0.2, 0.25) is 0 Å². The third-order valence-corrected chi connectivity index (χ3v) is 5.35.